The van der Waals surface area contributed by atoms with Crippen molar-refractivity contribution in [1.29, 1.82) is 0 Å². The molecule has 3 aromatic carbocycles. The van der Waals surface area contributed by atoms with Gasteiger partial charge in [-0.05, 0) is 49.2 Å². The van der Waals surface area contributed by atoms with Crippen LogP contribution in [0.5, 0.6) is 5.75 Å². The van der Waals surface area contributed by atoms with Crippen LogP contribution in [0.3, 0.4) is 0 Å². The predicted molar refractivity (Wildman–Crippen MR) is 178 cm³/mol. The summed E-state index contributed by atoms with van der Waals surface area (Å²) in [6.07, 6.45) is 3.58. The Bertz CT molecular complexity index is 1710. The number of hydrogen-bond donors (Lipinski definition) is 3. The SMILES string of the molecule is COc1cc(N2CCC(N3CCN(CCO)CC3)CC2)ccc1Nc1ncnc(Nc2ccccc2S(=O)(=O)c2ccccc2)n1. The van der Waals surface area contributed by atoms with Crippen LogP contribution in [0.15, 0.2) is 88.9 Å². The molecule has 0 unspecified atom stereocenters. The highest BCUT2D eigenvalue weighted by Crippen LogP contribution is 2.34. The number of β-amino-alcohol motifs (C(OH)–C–C–N with tert-alkyl or cyclic N) is 1. The summed E-state index contributed by atoms with van der Waals surface area (Å²) >= 11 is 0. The number of piperazine rings is 1. The van der Waals surface area contributed by atoms with E-state index in [9.17, 15) is 13.5 Å². The summed E-state index contributed by atoms with van der Waals surface area (Å²) in [6, 6.07) is 21.6. The van der Waals surface area contributed by atoms with Gasteiger partial charge in [0, 0.05) is 63.6 Å². The van der Waals surface area contributed by atoms with Gasteiger partial charge in [0.15, 0.2) is 0 Å². The number of hydrogen-bond acceptors (Lipinski definition) is 12. The molecule has 0 spiro atoms. The highest BCUT2D eigenvalue weighted by Gasteiger charge is 2.28. The molecule has 0 amide bonds. The molecule has 1 aromatic heterocycles. The van der Waals surface area contributed by atoms with E-state index in [1.54, 1.807) is 61.7 Å². The normalized spacial score (nSPS) is 16.7. The maximum Gasteiger partial charge on any atom is 0.232 e. The Balaban J connectivity index is 1.11. The summed E-state index contributed by atoms with van der Waals surface area (Å²) in [5.41, 5.74) is 2.16. The van der Waals surface area contributed by atoms with Crippen LogP contribution in [-0.4, -0.2) is 104 Å². The third-order valence-corrected chi connectivity index (χ3v) is 10.5. The Morgan fingerprint density at radius 2 is 1.52 bits per heavy atom. The number of para-hydroxylation sites is 1. The fourth-order valence-corrected chi connectivity index (χ4v) is 7.59. The molecule has 2 aliphatic rings. The number of methoxy groups -OCH3 is 1. The zero-order chi connectivity index (χ0) is 31.9. The number of nitrogens with one attached hydrogen (secondary N) is 2. The maximum absolute atomic E-state index is 13.4. The first-order valence-electron chi connectivity index (χ1n) is 15.6. The molecule has 13 heteroatoms. The number of anilines is 5. The molecule has 0 bridgehead atoms. The Morgan fingerprint density at radius 3 is 2.22 bits per heavy atom. The Hall–Kier alpha value is -4.30. The third-order valence-electron chi connectivity index (χ3n) is 8.65. The number of sulfone groups is 1. The number of benzene rings is 3. The van der Waals surface area contributed by atoms with Gasteiger partial charge >= 0.3 is 0 Å². The molecule has 3 N–H and O–H groups in total. The molecule has 0 radical (unpaired) electrons. The molecule has 2 aliphatic heterocycles. The molecule has 0 atom stereocenters. The fraction of sp³-hybridized carbons (Fsp3) is 0.364. The van der Waals surface area contributed by atoms with Crippen LogP contribution in [0.2, 0.25) is 0 Å². The Morgan fingerprint density at radius 1 is 0.848 bits per heavy atom. The van der Waals surface area contributed by atoms with Crippen molar-refractivity contribution in [3.63, 3.8) is 0 Å². The van der Waals surface area contributed by atoms with Gasteiger partial charge in [0.25, 0.3) is 0 Å². The maximum atomic E-state index is 13.4. The standard InChI is InChI=1S/C33H40N8O4S/c1-45-30-23-26(40-15-13-25(14-16-40)41-19-17-39(18-20-41)21-22-42)11-12-28(30)36-32-34-24-35-33(38-32)37-29-9-5-6-10-31(29)46(43,44)27-7-3-2-4-8-27/h2-12,23-25,42H,13-22H2,1H3,(H2,34,35,36,37,38). The number of ether oxygens (including phenoxy) is 1. The monoisotopic (exact) mass is 644 g/mol. The van der Waals surface area contributed by atoms with Gasteiger partial charge in [-0.25, -0.2) is 18.4 Å². The summed E-state index contributed by atoms with van der Waals surface area (Å²) < 4.78 is 32.4. The van der Waals surface area contributed by atoms with E-state index in [-0.39, 0.29) is 28.3 Å². The molecule has 0 saturated carbocycles. The molecule has 4 aromatic rings. The first-order valence-corrected chi connectivity index (χ1v) is 17.1. The molecule has 2 fully saturated rings. The molecular formula is C33H40N8O4S. The molecule has 3 heterocycles. The van der Waals surface area contributed by atoms with Crippen LogP contribution < -0.4 is 20.3 Å². The quantitative estimate of drug-likeness (QED) is 0.219. The van der Waals surface area contributed by atoms with Gasteiger partial charge in [-0.1, -0.05) is 30.3 Å². The van der Waals surface area contributed by atoms with E-state index in [4.69, 9.17) is 4.74 Å². The van der Waals surface area contributed by atoms with E-state index in [0.29, 0.717) is 23.2 Å². The van der Waals surface area contributed by atoms with Crippen LogP contribution in [0.25, 0.3) is 0 Å². The molecule has 0 aliphatic carbocycles. The number of aromatic nitrogens is 3. The van der Waals surface area contributed by atoms with Gasteiger partial charge in [-0.2, -0.15) is 4.98 Å². The summed E-state index contributed by atoms with van der Waals surface area (Å²) in [7, 11) is -2.13. The van der Waals surface area contributed by atoms with Gasteiger partial charge in [0.1, 0.15) is 12.1 Å². The second-order valence-corrected chi connectivity index (χ2v) is 13.3. The van der Waals surface area contributed by atoms with Gasteiger partial charge in [-0.15, -0.1) is 0 Å². The average Bonchev–Trinajstić information content (AvgIpc) is 3.10. The second kappa shape index (κ2) is 14.4. The minimum atomic E-state index is -3.77. The molecule has 12 nitrogen and oxygen atoms in total. The van der Waals surface area contributed by atoms with Gasteiger partial charge in [0.05, 0.1) is 34.9 Å². The number of piperidine rings is 1. The molecule has 242 valence electrons. The molecule has 2 saturated heterocycles. The van der Waals surface area contributed by atoms with E-state index < -0.39 is 9.84 Å². The Labute approximate surface area is 270 Å². The lowest BCUT2D eigenvalue weighted by atomic mass is 10.0. The highest BCUT2D eigenvalue weighted by molar-refractivity contribution is 7.91. The minimum absolute atomic E-state index is 0.123. The zero-order valence-electron chi connectivity index (χ0n) is 25.9. The van der Waals surface area contributed by atoms with Crippen LogP contribution in [0, 0.1) is 0 Å². The number of aliphatic hydroxyl groups excluding tert-OH is 1. The number of aliphatic hydroxyl groups is 1. The predicted octanol–water partition coefficient (Wildman–Crippen LogP) is 3.78. The van der Waals surface area contributed by atoms with Gasteiger partial charge < -0.3 is 25.4 Å². The van der Waals surface area contributed by atoms with Crippen molar-refractivity contribution in [2.24, 2.45) is 0 Å². The highest BCUT2D eigenvalue weighted by atomic mass is 32.2. The van der Waals surface area contributed by atoms with Crippen LogP contribution in [0.1, 0.15) is 12.8 Å². The minimum Gasteiger partial charge on any atom is -0.494 e. The van der Waals surface area contributed by atoms with Crippen molar-refractivity contribution in [2.75, 3.05) is 75.1 Å². The van der Waals surface area contributed by atoms with E-state index in [1.165, 1.54) is 6.33 Å². The number of rotatable bonds is 11. The zero-order valence-corrected chi connectivity index (χ0v) is 26.7. The lowest BCUT2D eigenvalue weighted by Crippen LogP contribution is -2.53. The van der Waals surface area contributed by atoms with E-state index in [0.717, 1.165) is 64.3 Å². The largest absolute Gasteiger partial charge is 0.494 e. The molecule has 46 heavy (non-hydrogen) atoms. The molecule has 6 rings (SSSR count). The lowest BCUT2D eigenvalue weighted by molar-refractivity contribution is 0.0747. The van der Waals surface area contributed by atoms with Gasteiger partial charge in [-0.3, -0.25) is 9.80 Å². The van der Waals surface area contributed by atoms with E-state index in [2.05, 4.69) is 46.4 Å². The fourth-order valence-electron chi connectivity index (χ4n) is 6.15. The van der Waals surface area contributed by atoms with Crippen LogP contribution in [0.4, 0.5) is 29.0 Å². The third kappa shape index (κ3) is 7.23. The Kier molecular flexibility index (Phi) is 9.93. The summed E-state index contributed by atoms with van der Waals surface area (Å²) in [5, 5.41) is 15.5. The topological polar surface area (TPSA) is 136 Å². The van der Waals surface area contributed by atoms with Crippen molar-refractivity contribution in [2.45, 2.75) is 28.7 Å². The van der Waals surface area contributed by atoms with E-state index in [1.807, 2.05) is 12.1 Å². The van der Waals surface area contributed by atoms with Crippen molar-refractivity contribution in [1.82, 2.24) is 24.8 Å². The summed E-state index contributed by atoms with van der Waals surface area (Å²) in [4.78, 5) is 20.7. The van der Waals surface area contributed by atoms with Crippen LogP contribution in [-0.2, 0) is 9.84 Å². The van der Waals surface area contributed by atoms with Gasteiger partial charge in [0.2, 0.25) is 21.7 Å². The first-order chi connectivity index (χ1) is 22.4. The van der Waals surface area contributed by atoms with Crippen molar-refractivity contribution in [3.8, 4) is 5.75 Å². The summed E-state index contributed by atoms with van der Waals surface area (Å²) in [5.74, 6) is 1.14. The second-order valence-electron chi connectivity index (χ2n) is 11.4. The lowest BCUT2D eigenvalue weighted by Gasteiger charge is -2.43. The van der Waals surface area contributed by atoms with Crippen molar-refractivity contribution in [3.05, 3.63) is 79.1 Å². The van der Waals surface area contributed by atoms with Crippen molar-refractivity contribution >= 4 is 38.8 Å². The van der Waals surface area contributed by atoms with Crippen LogP contribution >= 0.6 is 0 Å². The first kappa shape index (κ1) is 31.7. The molecular weight excluding hydrogens is 604 g/mol. The smallest absolute Gasteiger partial charge is 0.232 e. The van der Waals surface area contributed by atoms with Crippen molar-refractivity contribution < 1.29 is 18.3 Å². The van der Waals surface area contributed by atoms with E-state index >= 15 is 0 Å². The summed E-state index contributed by atoms with van der Waals surface area (Å²) in [6.45, 7) is 7.11. The average molecular weight is 645 g/mol. The number of nitrogens with zero attached hydrogens (tertiary/aromatic N) is 6.